The van der Waals surface area contributed by atoms with E-state index in [4.69, 9.17) is 0 Å². The van der Waals surface area contributed by atoms with Crippen molar-refractivity contribution in [3.8, 4) is 0 Å². The second kappa shape index (κ2) is 4.71. The van der Waals surface area contributed by atoms with Crippen LogP contribution in [0.5, 0.6) is 0 Å². The SMILES string of the molecule is C=C(CC1CSCC1(C)NC)C(C)C. The van der Waals surface area contributed by atoms with E-state index in [0.29, 0.717) is 11.5 Å². The topological polar surface area (TPSA) is 12.0 Å². The third kappa shape index (κ3) is 2.54. The van der Waals surface area contributed by atoms with Gasteiger partial charge in [-0.3, -0.25) is 0 Å². The van der Waals surface area contributed by atoms with Gasteiger partial charge in [0.25, 0.3) is 0 Å². The number of hydrogen-bond acceptors (Lipinski definition) is 2. The summed E-state index contributed by atoms with van der Waals surface area (Å²) in [7, 11) is 2.08. The minimum Gasteiger partial charge on any atom is -0.313 e. The highest BCUT2D eigenvalue weighted by Crippen LogP contribution is 2.37. The van der Waals surface area contributed by atoms with Gasteiger partial charge in [-0.2, -0.15) is 11.8 Å². The monoisotopic (exact) mass is 213 g/mol. The van der Waals surface area contributed by atoms with Gasteiger partial charge in [0.1, 0.15) is 0 Å². The van der Waals surface area contributed by atoms with E-state index in [-0.39, 0.29) is 0 Å². The first-order valence-electron chi connectivity index (χ1n) is 5.44. The van der Waals surface area contributed by atoms with Crippen LogP contribution < -0.4 is 5.32 Å². The second-order valence-corrected chi connectivity index (χ2v) is 5.93. The lowest BCUT2D eigenvalue weighted by Gasteiger charge is -2.31. The summed E-state index contributed by atoms with van der Waals surface area (Å²) in [5, 5.41) is 3.47. The molecule has 0 aliphatic carbocycles. The maximum Gasteiger partial charge on any atom is 0.0279 e. The van der Waals surface area contributed by atoms with Gasteiger partial charge < -0.3 is 5.32 Å². The van der Waals surface area contributed by atoms with Gasteiger partial charge in [0.2, 0.25) is 0 Å². The van der Waals surface area contributed by atoms with Gasteiger partial charge >= 0.3 is 0 Å². The molecule has 0 aromatic carbocycles. The van der Waals surface area contributed by atoms with Crippen molar-refractivity contribution in [3.05, 3.63) is 12.2 Å². The van der Waals surface area contributed by atoms with E-state index >= 15 is 0 Å². The van der Waals surface area contributed by atoms with E-state index in [2.05, 4.69) is 51.5 Å². The molecule has 1 aliphatic rings. The van der Waals surface area contributed by atoms with Crippen LogP contribution in [0.15, 0.2) is 12.2 Å². The molecule has 1 aliphatic heterocycles. The van der Waals surface area contributed by atoms with Crippen molar-refractivity contribution >= 4 is 11.8 Å². The van der Waals surface area contributed by atoms with Crippen molar-refractivity contribution in [2.75, 3.05) is 18.6 Å². The predicted molar refractivity (Wildman–Crippen MR) is 66.9 cm³/mol. The van der Waals surface area contributed by atoms with Crippen LogP contribution in [0.2, 0.25) is 0 Å². The summed E-state index contributed by atoms with van der Waals surface area (Å²) in [6, 6.07) is 0. The lowest BCUT2D eigenvalue weighted by Crippen LogP contribution is -2.46. The maximum absolute atomic E-state index is 4.18. The number of nitrogens with one attached hydrogen (secondary N) is 1. The standard InChI is InChI=1S/C12H23NS/c1-9(2)10(3)6-11-7-14-8-12(11,4)13-5/h9,11,13H,3,6-8H2,1-2,4-5H3. The summed E-state index contributed by atoms with van der Waals surface area (Å²) in [5.41, 5.74) is 1.72. The van der Waals surface area contributed by atoms with Crippen molar-refractivity contribution in [1.29, 1.82) is 0 Å². The predicted octanol–water partition coefficient (Wildman–Crippen LogP) is 2.93. The van der Waals surface area contributed by atoms with Crippen molar-refractivity contribution in [3.63, 3.8) is 0 Å². The minimum absolute atomic E-state index is 0.322. The Morgan fingerprint density at radius 3 is 2.79 bits per heavy atom. The van der Waals surface area contributed by atoms with Crippen LogP contribution >= 0.6 is 11.8 Å². The summed E-state index contributed by atoms with van der Waals surface area (Å²) in [5.74, 6) is 3.90. The molecule has 2 unspecified atom stereocenters. The number of rotatable bonds is 4. The van der Waals surface area contributed by atoms with Crippen LogP contribution in [-0.4, -0.2) is 24.1 Å². The smallest absolute Gasteiger partial charge is 0.0279 e. The molecule has 82 valence electrons. The van der Waals surface area contributed by atoms with Crippen molar-refractivity contribution < 1.29 is 0 Å². The highest BCUT2D eigenvalue weighted by atomic mass is 32.2. The van der Waals surface area contributed by atoms with Gasteiger partial charge in [-0.15, -0.1) is 0 Å². The molecule has 0 spiro atoms. The lowest BCUT2D eigenvalue weighted by atomic mass is 9.82. The van der Waals surface area contributed by atoms with Crippen LogP contribution in [0, 0.1) is 11.8 Å². The Balaban J connectivity index is 2.56. The first-order valence-corrected chi connectivity index (χ1v) is 6.59. The molecule has 2 heteroatoms. The third-order valence-corrected chi connectivity index (χ3v) is 4.96. The number of thioether (sulfide) groups is 1. The molecule has 0 aromatic rings. The van der Waals surface area contributed by atoms with Gasteiger partial charge in [-0.25, -0.2) is 0 Å². The summed E-state index contributed by atoms with van der Waals surface area (Å²) < 4.78 is 0. The van der Waals surface area contributed by atoms with Crippen molar-refractivity contribution in [2.45, 2.75) is 32.7 Å². The van der Waals surface area contributed by atoms with E-state index < -0.39 is 0 Å². The Morgan fingerprint density at radius 2 is 2.29 bits per heavy atom. The molecule has 0 bridgehead atoms. The number of hydrogen-bond donors (Lipinski definition) is 1. The lowest BCUT2D eigenvalue weighted by molar-refractivity contribution is 0.308. The van der Waals surface area contributed by atoms with Crippen LogP contribution in [-0.2, 0) is 0 Å². The van der Waals surface area contributed by atoms with Crippen LogP contribution in [0.25, 0.3) is 0 Å². The normalized spacial score (nSPS) is 32.5. The first-order chi connectivity index (χ1) is 6.49. The summed E-state index contributed by atoms with van der Waals surface area (Å²) in [4.78, 5) is 0. The van der Waals surface area contributed by atoms with Crippen LogP contribution in [0.1, 0.15) is 27.2 Å². The molecule has 0 amide bonds. The van der Waals surface area contributed by atoms with Gasteiger partial charge in [0, 0.05) is 11.3 Å². The van der Waals surface area contributed by atoms with Gasteiger partial charge in [0.15, 0.2) is 0 Å². The average Bonchev–Trinajstić information content (AvgIpc) is 2.49. The number of allylic oxidation sites excluding steroid dienone is 1. The molecule has 0 radical (unpaired) electrons. The zero-order valence-corrected chi connectivity index (χ0v) is 10.7. The van der Waals surface area contributed by atoms with E-state index in [1.165, 1.54) is 23.5 Å². The first kappa shape index (κ1) is 12.1. The van der Waals surface area contributed by atoms with Gasteiger partial charge in [-0.1, -0.05) is 26.0 Å². The molecule has 14 heavy (non-hydrogen) atoms. The Morgan fingerprint density at radius 1 is 1.64 bits per heavy atom. The van der Waals surface area contributed by atoms with E-state index in [0.717, 1.165) is 5.92 Å². The Kier molecular flexibility index (Phi) is 4.08. The van der Waals surface area contributed by atoms with Crippen molar-refractivity contribution in [1.82, 2.24) is 5.32 Å². The molecule has 1 saturated heterocycles. The highest BCUT2D eigenvalue weighted by molar-refractivity contribution is 7.99. The molecule has 1 nitrogen and oxygen atoms in total. The molecule has 2 atom stereocenters. The fourth-order valence-electron chi connectivity index (χ4n) is 1.83. The molecule has 0 saturated carbocycles. The minimum atomic E-state index is 0.322. The molecule has 1 heterocycles. The summed E-state index contributed by atoms with van der Waals surface area (Å²) >= 11 is 2.06. The fraction of sp³-hybridized carbons (Fsp3) is 0.833. The van der Waals surface area contributed by atoms with Crippen LogP contribution in [0.4, 0.5) is 0 Å². The molecule has 1 N–H and O–H groups in total. The third-order valence-electron chi connectivity index (χ3n) is 3.52. The summed E-state index contributed by atoms with van der Waals surface area (Å²) in [6.07, 6.45) is 1.18. The Labute approximate surface area is 92.7 Å². The zero-order chi connectivity index (χ0) is 10.8. The molecular weight excluding hydrogens is 190 g/mol. The van der Waals surface area contributed by atoms with Crippen molar-refractivity contribution in [2.24, 2.45) is 11.8 Å². The van der Waals surface area contributed by atoms with Gasteiger partial charge in [-0.05, 0) is 38.0 Å². The molecule has 0 aromatic heterocycles. The van der Waals surface area contributed by atoms with Gasteiger partial charge in [0.05, 0.1) is 0 Å². The van der Waals surface area contributed by atoms with E-state index in [9.17, 15) is 0 Å². The van der Waals surface area contributed by atoms with Crippen LogP contribution in [0.3, 0.4) is 0 Å². The highest BCUT2D eigenvalue weighted by Gasteiger charge is 2.37. The fourth-order valence-corrected chi connectivity index (χ4v) is 3.52. The van der Waals surface area contributed by atoms with E-state index in [1.807, 2.05) is 0 Å². The average molecular weight is 213 g/mol. The summed E-state index contributed by atoms with van der Waals surface area (Å²) in [6.45, 7) is 11.0. The second-order valence-electron chi connectivity index (χ2n) is 4.90. The maximum atomic E-state index is 4.18. The quantitative estimate of drug-likeness (QED) is 0.721. The molecule has 1 rings (SSSR count). The largest absolute Gasteiger partial charge is 0.313 e. The molecule has 1 fully saturated rings. The Bertz CT molecular complexity index is 212. The van der Waals surface area contributed by atoms with E-state index in [1.54, 1.807) is 0 Å². The Hall–Kier alpha value is 0.0500. The zero-order valence-electron chi connectivity index (χ0n) is 9.89. The molecular formula is C12H23NS.